The Bertz CT molecular complexity index is 303. The van der Waals surface area contributed by atoms with Crippen LogP contribution in [0.3, 0.4) is 0 Å². The zero-order valence-electron chi connectivity index (χ0n) is 9.35. The standard InChI is InChI=1S/C12H17Cl2N/c1-4-15-12(8(2)3)11-9(13)6-5-7-10(11)14/h5-8,12,15H,4H2,1-3H3. The molecule has 0 bridgehead atoms. The van der Waals surface area contributed by atoms with Gasteiger partial charge in [0.1, 0.15) is 0 Å². The van der Waals surface area contributed by atoms with Gasteiger partial charge in [-0.1, -0.05) is 50.0 Å². The number of nitrogens with one attached hydrogen (secondary N) is 1. The Kier molecular flexibility index (Phi) is 4.91. The molecule has 84 valence electrons. The van der Waals surface area contributed by atoms with Gasteiger partial charge in [-0.15, -0.1) is 0 Å². The van der Waals surface area contributed by atoms with Gasteiger partial charge in [0.25, 0.3) is 0 Å². The molecule has 0 spiro atoms. The zero-order valence-corrected chi connectivity index (χ0v) is 10.9. The number of hydrogen-bond acceptors (Lipinski definition) is 1. The maximum atomic E-state index is 6.18. The number of benzene rings is 1. The van der Waals surface area contributed by atoms with Crippen molar-refractivity contribution >= 4 is 23.2 Å². The lowest BCUT2D eigenvalue weighted by Crippen LogP contribution is -2.26. The summed E-state index contributed by atoms with van der Waals surface area (Å²) in [6.45, 7) is 7.31. The molecule has 1 rings (SSSR count). The summed E-state index contributed by atoms with van der Waals surface area (Å²) in [7, 11) is 0. The van der Waals surface area contributed by atoms with Crippen LogP contribution in [0.1, 0.15) is 32.4 Å². The van der Waals surface area contributed by atoms with E-state index in [0.29, 0.717) is 5.92 Å². The molecule has 3 heteroatoms. The van der Waals surface area contributed by atoms with E-state index < -0.39 is 0 Å². The minimum Gasteiger partial charge on any atom is -0.310 e. The SMILES string of the molecule is CCNC(c1c(Cl)cccc1Cl)C(C)C. The molecule has 1 unspecified atom stereocenters. The fourth-order valence-corrected chi connectivity index (χ4v) is 2.33. The molecule has 0 fully saturated rings. The smallest absolute Gasteiger partial charge is 0.0468 e. The van der Waals surface area contributed by atoms with E-state index in [0.717, 1.165) is 22.2 Å². The molecule has 0 radical (unpaired) electrons. The summed E-state index contributed by atoms with van der Waals surface area (Å²) < 4.78 is 0. The van der Waals surface area contributed by atoms with Gasteiger partial charge in [-0.2, -0.15) is 0 Å². The molecule has 1 nitrogen and oxygen atoms in total. The summed E-state index contributed by atoms with van der Waals surface area (Å²) >= 11 is 12.4. The first-order valence-electron chi connectivity index (χ1n) is 5.25. The Hall–Kier alpha value is -0.240. The van der Waals surface area contributed by atoms with Crippen molar-refractivity contribution in [2.24, 2.45) is 5.92 Å². The molecule has 1 aromatic rings. The molecule has 0 aliphatic rings. The molecule has 0 aromatic heterocycles. The lowest BCUT2D eigenvalue weighted by atomic mass is 9.96. The topological polar surface area (TPSA) is 12.0 Å². The Morgan fingerprint density at radius 3 is 2.13 bits per heavy atom. The van der Waals surface area contributed by atoms with Gasteiger partial charge in [0, 0.05) is 21.7 Å². The molecule has 0 saturated heterocycles. The van der Waals surface area contributed by atoms with Gasteiger partial charge in [-0.25, -0.2) is 0 Å². The van der Waals surface area contributed by atoms with E-state index in [1.807, 2.05) is 18.2 Å². The molecule has 0 aliphatic heterocycles. The van der Waals surface area contributed by atoms with Crippen molar-refractivity contribution in [3.63, 3.8) is 0 Å². The van der Waals surface area contributed by atoms with Crippen molar-refractivity contribution in [3.05, 3.63) is 33.8 Å². The Balaban J connectivity index is 3.10. The average molecular weight is 246 g/mol. The van der Waals surface area contributed by atoms with Crippen molar-refractivity contribution in [1.29, 1.82) is 0 Å². The molecular weight excluding hydrogens is 229 g/mol. The largest absolute Gasteiger partial charge is 0.310 e. The first kappa shape index (κ1) is 12.8. The Morgan fingerprint density at radius 1 is 1.20 bits per heavy atom. The van der Waals surface area contributed by atoms with Crippen LogP contribution < -0.4 is 5.32 Å². The van der Waals surface area contributed by atoms with Gasteiger partial charge in [-0.05, 0) is 24.6 Å². The molecule has 1 atom stereocenters. The maximum Gasteiger partial charge on any atom is 0.0468 e. The third-order valence-corrected chi connectivity index (χ3v) is 3.06. The second-order valence-corrected chi connectivity index (χ2v) is 4.73. The molecule has 0 aliphatic carbocycles. The van der Waals surface area contributed by atoms with Gasteiger partial charge < -0.3 is 5.32 Å². The van der Waals surface area contributed by atoms with Crippen LogP contribution in [0.15, 0.2) is 18.2 Å². The van der Waals surface area contributed by atoms with Crippen LogP contribution in [0.4, 0.5) is 0 Å². The van der Waals surface area contributed by atoms with Crippen molar-refractivity contribution < 1.29 is 0 Å². The lowest BCUT2D eigenvalue weighted by molar-refractivity contribution is 0.422. The van der Waals surface area contributed by atoms with Crippen LogP contribution in [0, 0.1) is 5.92 Å². The zero-order chi connectivity index (χ0) is 11.4. The summed E-state index contributed by atoms with van der Waals surface area (Å²) in [5, 5.41) is 4.89. The predicted octanol–water partition coefficient (Wildman–Crippen LogP) is 4.30. The van der Waals surface area contributed by atoms with E-state index in [1.165, 1.54) is 0 Å². The molecule has 0 amide bonds. The van der Waals surface area contributed by atoms with Crippen LogP contribution >= 0.6 is 23.2 Å². The van der Waals surface area contributed by atoms with Crippen LogP contribution in [0.25, 0.3) is 0 Å². The van der Waals surface area contributed by atoms with E-state index in [4.69, 9.17) is 23.2 Å². The van der Waals surface area contributed by atoms with Crippen LogP contribution in [-0.4, -0.2) is 6.54 Å². The maximum absolute atomic E-state index is 6.18. The summed E-state index contributed by atoms with van der Waals surface area (Å²) in [5.74, 6) is 0.461. The van der Waals surface area contributed by atoms with Gasteiger partial charge in [-0.3, -0.25) is 0 Å². The highest BCUT2D eigenvalue weighted by Gasteiger charge is 2.19. The molecular formula is C12H17Cl2N. The fourth-order valence-electron chi connectivity index (χ4n) is 1.70. The van der Waals surface area contributed by atoms with Crippen LogP contribution in [0.5, 0.6) is 0 Å². The molecule has 15 heavy (non-hydrogen) atoms. The van der Waals surface area contributed by atoms with Gasteiger partial charge in [0.05, 0.1) is 0 Å². The second kappa shape index (κ2) is 5.74. The quantitative estimate of drug-likeness (QED) is 0.835. The predicted molar refractivity (Wildman–Crippen MR) is 67.7 cm³/mol. The number of rotatable bonds is 4. The van der Waals surface area contributed by atoms with Crippen molar-refractivity contribution in [3.8, 4) is 0 Å². The molecule has 0 saturated carbocycles. The molecule has 1 aromatic carbocycles. The van der Waals surface area contributed by atoms with Crippen LogP contribution in [0.2, 0.25) is 10.0 Å². The summed E-state index contributed by atoms with van der Waals surface area (Å²) in [6, 6.07) is 5.86. The van der Waals surface area contributed by atoms with E-state index in [1.54, 1.807) is 0 Å². The normalized spacial score (nSPS) is 13.2. The van der Waals surface area contributed by atoms with Crippen LogP contribution in [-0.2, 0) is 0 Å². The number of hydrogen-bond donors (Lipinski definition) is 1. The van der Waals surface area contributed by atoms with E-state index in [9.17, 15) is 0 Å². The third-order valence-electron chi connectivity index (χ3n) is 2.40. The second-order valence-electron chi connectivity index (χ2n) is 3.91. The highest BCUT2D eigenvalue weighted by molar-refractivity contribution is 6.36. The number of halogens is 2. The van der Waals surface area contributed by atoms with Crippen molar-refractivity contribution in [2.75, 3.05) is 6.54 Å². The van der Waals surface area contributed by atoms with E-state index in [2.05, 4.69) is 26.1 Å². The molecule has 0 heterocycles. The fraction of sp³-hybridized carbons (Fsp3) is 0.500. The van der Waals surface area contributed by atoms with Crippen molar-refractivity contribution in [2.45, 2.75) is 26.8 Å². The summed E-state index contributed by atoms with van der Waals surface area (Å²) in [6.07, 6.45) is 0. The minimum absolute atomic E-state index is 0.219. The monoisotopic (exact) mass is 245 g/mol. The van der Waals surface area contributed by atoms with Crippen molar-refractivity contribution in [1.82, 2.24) is 5.32 Å². The molecule has 1 N–H and O–H groups in total. The average Bonchev–Trinajstić information content (AvgIpc) is 2.15. The third kappa shape index (κ3) is 3.10. The van der Waals surface area contributed by atoms with E-state index in [-0.39, 0.29) is 6.04 Å². The highest BCUT2D eigenvalue weighted by Crippen LogP contribution is 2.33. The summed E-state index contributed by atoms with van der Waals surface area (Å²) in [4.78, 5) is 0. The van der Waals surface area contributed by atoms with Gasteiger partial charge in [0.2, 0.25) is 0 Å². The highest BCUT2D eigenvalue weighted by atomic mass is 35.5. The van der Waals surface area contributed by atoms with Gasteiger partial charge >= 0.3 is 0 Å². The Labute approximate surface area is 102 Å². The lowest BCUT2D eigenvalue weighted by Gasteiger charge is -2.24. The minimum atomic E-state index is 0.219. The van der Waals surface area contributed by atoms with E-state index >= 15 is 0 Å². The van der Waals surface area contributed by atoms with Gasteiger partial charge in [0.15, 0.2) is 0 Å². The first-order chi connectivity index (χ1) is 7.07. The first-order valence-corrected chi connectivity index (χ1v) is 6.00. The summed E-state index contributed by atoms with van der Waals surface area (Å²) in [5.41, 5.74) is 1.01. The Morgan fingerprint density at radius 2 is 1.73 bits per heavy atom.